The van der Waals surface area contributed by atoms with Gasteiger partial charge in [0.05, 0.1) is 0 Å². The van der Waals surface area contributed by atoms with Crippen molar-refractivity contribution < 1.29 is 22.8 Å². The largest absolute Gasteiger partial charge is 0.471 e. The number of rotatable bonds is 1. The van der Waals surface area contributed by atoms with Gasteiger partial charge in [-0.1, -0.05) is 12.1 Å². The van der Waals surface area contributed by atoms with Crippen LogP contribution in [0.4, 0.5) is 13.2 Å². The van der Waals surface area contributed by atoms with Gasteiger partial charge in [-0.05, 0) is 37.0 Å². The lowest BCUT2D eigenvalue weighted by molar-refractivity contribution is -0.185. The quantitative estimate of drug-likeness (QED) is 0.747. The van der Waals surface area contributed by atoms with Gasteiger partial charge in [-0.3, -0.25) is 9.59 Å². The summed E-state index contributed by atoms with van der Waals surface area (Å²) in [6.07, 6.45) is -3.31. The molecule has 0 N–H and O–H groups in total. The summed E-state index contributed by atoms with van der Waals surface area (Å²) in [5.41, 5.74) is 2.49. The molecule has 4 rings (SSSR count). The van der Waals surface area contributed by atoms with Crippen LogP contribution >= 0.6 is 0 Å². The second-order valence-corrected chi connectivity index (χ2v) is 6.08. The lowest BCUT2D eigenvalue weighted by atomic mass is 9.77. The van der Waals surface area contributed by atoms with Gasteiger partial charge >= 0.3 is 12.1 Å². The Labute approximate surface area is 126 Å². The smallest absolute Gasteiger partial charge is 0.334 e. The highest BCUT2D eigenvalue weighted by Crippen LogP contribution is 2.43. The van der Waals surface area contributed by atoms with Crippen molar-refractivity contribution in [2.24, 2.45) is 0 Å². The molecule has 1 amide bonds. The molecule has 0 spiro atoms. The fraction of sp³-hybridized carbons (Fsp3) is 0.500. The van der Waals surface area contributed by atoms with Gasteiger partial charge < -0.3 is 4.90 Å². The number of amides is 1. The highest BCUT2D eigenvalue weighted by Gasteiger charge is 2.46. The molecule has 3 aliphatic rings. The predicted octanol–water partition coefficient (Wildman–Crippen LogP) is 3.25. The van der Waals surface area contributed by atoms with Gasteiger partial charge in [-0.15, -0.1) is 0 Å². The Kier molecular flexibility index (Phi) is 3.50. The molecule has 0 saturated carbocycles. The third-order valence-electron chi connectivity index (χ3n) is 4.65. The van der Waals surface area contributed by atoms with Gasteiger partial charge in [0.15, 0.2) is 5.78 Å². The van der Waals surface area contributed by atoms with E-state index in [1.54, 1.807) is 12.1 Å². The Balaban J connectivity index is 1.96. The zero-order valence-electron chi connectivity index (χ0n) is 12.1. The maximum atomic E-state index is 12.7. The van der Waals surface area contributed by atoms with Crippen molar-refractivity contribution in [3.63, 3.8) is 0 Å². The van der Waals surface area contributed by atoms with Gasteiger partial charge in [-0.25, -0.2) is 0 Å². The number of benzene rings is 1. The average molecular weight is 311 g/mol. The van der Waals surface area contributed by atoms with Crippen LogP contribution in [0.2, 0.25) is 0 Å². The molecular formula is C16H16F3NO2. The van der Waals surface area contributed by atoms with Crippen molar-refractivity contribution in [2.45, 2.75) is 37.8 Å². The Morgan fingerprint density at radius 1 is 1.09 bits per heavy atom. The second kappa shape index (κ2) is 5.11. The number of Topliss-reactive ketones (excluding diaryl/α,β-unsaturated/α-hetero) is 1. The minimum Gasteiger partial charge on any atom is -0.334 e. The number of halogens is 3. The Morgan fingerprint density at radius 2 is 1.68 bits per heavy atom. The highest BCUT2D eigenvalue weighted by atomic mass is 19.4. The number of nitrogens with zero attached hydrogens (tertiary/aromatic N) is 1. The zero-order valence-corrected chi connectivity index (χ0v) is 12.1. The van der Waals surface area contributed by atoms with Crippen molar-refractivity contribution in [3.05, 3.63) is 34.9 Å². The lowest BCUT2D eigenvalue weighted by Gasteiger charge is -2.26. The van der Waals surface area contributed by atoms with Crippen molar-refractivity contribution >= 4 is 11.7 Å². The van der Waals surface area contributed by atoms with Crippen molar-refractivity contribution in [1.29, 1.82) is 0 Å². The van der Waals surface area contributed by atoms with Crippen LogP contribution in [0.25, 0.3) is 0 Å². The molecule has 3 nitrogen and oxygen atoms in total. The maximum Gasteiger partial charge on any atom is 0.471 e. The van der Waals surface area contributed by atoms with Crippen LogP contribution in [0.5, 0.6) is 0 Å². The molecule has 2 atom stereocenters. The monoisotopic (exact) mass is 311 g/mol. The maximum absolute atomic E-state index is 12.7. The van der Waals surface area contributed by atoms with E-state index in [9.17, 15) is 22.8 Å². The summed E-state index contributed by atoms with van der Waals surface area (Å²) in [4.78, 5) is 24.0. The third kappa shape index (κ3) is 2.51. The normalized spacial score (nSPS) is 23.9. The minimum atomic E-state index is -4.83. The van der Waals surface area contributed by atoms with Gasteiger partial charge in [0.25, 0.3) is 0 Å². The number of carbonyl (C=O) groups is 2. The van der Waals surface area contributed by atoms with Gasteiger partial charge in [0.2, 0.25) is 0 Å². The van der Waals surface area contributed by atoms with E-state index in [0.717, 1.165) is 28.9 Å². The summed E-state index contributed by atoms with van der Waals surface area (Å²) >= 11 is 0. The molecule has 0 radical (unpaired) electrons. The van der Waals surface area contributed by atoms with E-state index in [0.29, 0.717) is 5.56 Å². The average Bonchev–Trinajstić information content (AvgIpc) is 2.75. The van der Waals surface area contributed by atoms with E-state index in [1.807, 2.05) is 6.07 Å². The lowest BCUT2D eigenvalue weighted by Crippen LogP contribution is -2.42. The van der Waals surface area contributed by atoms with Crippen LogP contribution in [0.15, 0.2) is 18.2 Å². The fourth-order valence-corrected chi connectivity index (χ4v) is 3.56. The Bertz CT molecular complexity index is 639. The molecule has 2 aliphatic heterocycles. The molecule has 0 aromatic heterocycles. The Hall–Kier alpha value is -1.85. The molecule has 22 heavy (non-hydrogen) atoms. The van der Waals surface area contributed by atoms with Crippen molar-refractivity contribution in [2.75, 3.05) is 13.1 Å². The second-order valence-electron chi connectivity index (χ2n) is 6.08. The van der Waals surface area contributed by atoms with Crippen molar-refractivity contribution in [3.8, 4) is 0 Å². The molecule has 1 aromatic rings. The fourth-order valence-electron chi connectivity index (χ4n) is 3.56. The molecule has 2 bridgehead atoms. The predicted molar refractivity (Wildman–Crippen MR) is 73.8 cm³/mol. The van der Waals surface area contributed by atoms with E-state index < -0.39 is 12.1 Å². The minimum absolute atomic E-state index is 0.0638. The summed E-state index contributed by atoms with van der Waals surface area (Å²) < 4.78 is 38.1. The number of hydrogen-bond donors (Lipinski definition) is 0. The van der Waals surface area contributed by atoms with Gasteiger partial charge in [0, 0.05) is 30.5 Å². The van der Waals surface area contributed by atoms with E-state index in [2.05, 4.69) is 0 Å². The van der Waals surface area contributed by atoms with Crippen LogP contribution in [-0.4, -0.2) is 35.9 Å². The number of hydrogen-bond acceptors (Lipinski definition) is 2. The molecule has 1 aliphatic carbocycles. The van der Waals surface area contributed by atoms with Crippen LogP contribution in [0.1, 0.15) is 53.1 Å². The molecule has 1 aromatic carbocycles. The first-order chi connectivity index (χ1) is 10.3. The number of carbonyl (C=O) groups excluding carboxylic acids is 2. The third-order valence-corrected chi connectivity index (χ3v) is 4.65. The van der Waals surface area contributed by atoms with E-state index in [4.69, 9.17) is 0 Å². The number of alkyl halides is 3. The van der Waals surface area contributed by atoms with Crippen molar-refractivity contribution in [1.82, 2.24) is 4.90 Å². The molecular weight excluding hydrogens is 295 g/mol. The van der Waals surface area contributed by atoms with Gasteiger partial charge in [0.1, 0.15) is 0 Å². The van der Waals surface area contributed by atoms with E-state index in [1.165, 1.54) is 6.92 Å². The molecule has 6 heteroatoms. The summed E-state index contributed by atoms with van der Waals surface area (Å²) in [7, 11) is 0. The molecule has 1 fully saturated rings. The molecule has 2 heterocycles. The topological polar surface area (TPSA) is 37.4 Å². The summed E-state index contributed by atoms with van der Waals surface area (Å²) in [6, 6.07) is 5.35. The summed E-state index contributed by atoms with van der Waals surface area (Å²) in [5.74, 6) is -2.03. The summed E-state index contributed by atoms with van der Waals surface area (Å²) in [5, 5.41) is 0. The zero-order chi connectivity index (χ0) is 16.1. The van der Waals surface area contributed by atoms with E-state index >= 15 is 0 Å². The van der Waals surface area contributed by atoms with Gasteiger partial charge in [-0.2, -0.15) is 13.2 Å². The number of fused-ring (bicyclic) bond motifs is 3. The first-order valence-corrected chi connectivity index (χ1v) is 7.28. The van der Waals surface area contributed by atoms with Crippen LogP contribution in [-0.2, 0) is 4.79 Å². The Morgan fingerprint density at radius 3 is 2.23 bits per heavy atom. The first-order valence-electron chi connectivity index (χ1n) is 7.28. The SMILES string of the molecule is CC(=O)c1ccc2c(c1)C1CCC2CN(C(=O)C(F)(F)F)C1. The standard InChI is InChI=1S/C16H16F3NO2/c1-9(21)10-4-5-13-11-2-3-12(14(13)6-10)8-20(7-11)15(22)16(17,18)19/h4-6,11-12H,2-3,7-8H2,1H3. The summed E-state index contributed by atoms with van der Waals surface area (Å²) in [6.45, 7) is 1.64. The number of ketones is 1. The first kappa shape index (κ1) is 15.1. The van der Waals surface area contributed by atoms with Crippen LogP contribution < -0.4 is 0 Å². The molecule has 118 valence electrons. The van der Waals surface area contributed by atoms with Crippen LogP contribution in [0, 0.1) is 0 Å². The van der Waals surface area contributed by atoms with E-state index in [-0.39, 0.29) is 30.7 Å². The highest BCUT2D eigenvalue weighted by molar-refractivity contribution is 5.94. The molecule has 2 unspecified atom stereocenters. The van der Waals surface area contributed by atoms with Crippen LogP contribution in [0.3, 0.4) is 0 Å². The molecule has 1 saturated heterocycles.